The van der Waals surface area contributed by atoms with Gasteiger partial charge in [0.2, 0.25) is 5.91 Å². The Bertz CT molecular complexity index is 1530. The van der Waals surface area contributed by atoms with Gasteiger partial charge in [0.05, 0.1) is 34.6 Å². The van der Waals surface area contributed by atoms with E-state index < -0.39 is 24.1 Å². The van der Waals surface area contributed by atoms with Crippen molar-refractivity contribution >= 4 is 23.4 Å². The lowest BCUT2D eigenvalue weighted by atomic mass is 9.80. The number of hydrogen-bond acceptors (Lipinski definition) is 7. The molecule has 11 heteroatoms. The number of anilines is 1. The normalized spacial score (nSPS) is 25.9. The van der Waals surface area contributed by atoms with Crippen molar-refractivity contribution in [3.63, 3.8) is 0 Å². The molecule has 3 N–H and O–H groups in total. The molecule has 1 aromatic carbocycles. The molecule has 2 saturated carbocycles. The molecule has 2 atom stereocenters. The lowest BCUT2D eigenvalue weighted by Crippen LogP contribution is -2.57. The third kappa shape index (κ3) is 4.34. The van der Waals surface area contributed by atoms with Gasteiger partial charge in [0.25, 0.3) is 11.8 Å². The van der Waals surface area contributed by atoms with E-state index >= 15 is 0 Å². The number of piperidine rings is 1. The maximum Gasteiger partial charge on any atom is 0.262 e. The van der Waals surface area contributed by atoms with Crippen LogP contribution in [0.4, 0.5) is 10.1 Å². The molecule has 2 unspecified atom stereocenters. The Balaban J connectivity index is 0.987. The highest BCUT2D eigenvalue weighted by Crippen LogP contribution is 2.45. The SMILES string of the molecule is O=C1CCC(N2C(=O)c3ccc(NCC4CC(n5cc(-c6cc(F)ccn6)c(C6CC6)n5)C4)cc3C2=O)C(O)N1. The van der Waals surface area contributed by atoms with Gasteiger partial charge in [-0.25, -0.2) is 4.39 Å². The van der Waals surface area contributed by atoms with Gasteiger partial charge in [-0.05, 0) is 62.3 Å². The summed E-state index contributed by atoms with van der Waals surface area (Å²) in [6.07, 6.45) is 6.67. The Kier molecular flexibility index (Phi) is 5.92. The van der Waals surface area contributed by atoms with E-state index in [0.29, 0.717) is 35.2 Å². The van der Waals surface area contributed by atoms with Gasteiger partial charge in [-0.1, -0.05) is 0 Å². The van der Waals surface area contributed by atoms with E-state index in [1.54, 1.807) is 18.2 Å². The Morgan fingerprint density at radius 3 is 2.58 bits per heavy atom. The van der Waals surface area contributed by atoms with Crippen molar-refractivity contribution in [1.29, 1.82) is 0 Å². The molecular weight excluding hydrogens is 515 g/mol. The molecule has 206 valence electrons. The molecular formula is C29H29FN6O4. The van der Waals surface area contributed by atoms with Crippen molar-refractivity contribution in [2.75, 3.05) is 11.9 Å². The molecule has 0 radical (unpaired) electrons. The monoisotopic (exact) mass is 544 g/mol. The van der Waals surface area contributed by atoms with E-state index in [4.69, 9.17) is 5.10 Å². The van der Waals surface area contributed by atoms with Crippen molar-refractivity contribution in [1.82, 2.24) is 25.0 Å². The number of aliphatic hydroxyl groups excluding tert-OH is 1. The highest BCUT2D eigenvalue weighted by Gasteiger charge is 2.44. The van der Waals surface area contributed by atoms with Gasteiger partial charge < -0.3 is 15.7 Å². The van der Waals surface area contributed by atoms with Crippen LogP contribution in [0.15, 0.2) is 42.7 Å². The van der Waals surface area contributed by atoms with Crippen LogP contribution in [0, 0.1) is 11.7 Å². The summed E-state index contributed by atoms with van der Waals surface area (Å²) in [5.41, 5.74) is 3.89. The molecule has 3 amide bonds. The number of amides is 3. The summed E-state index contributed by atoms with van der Waals surface area (Å²) in [5, 5.41) is 20.9. The first kappa shape index (κ1) is 24.9. The van der Waals surface area contributed by atoms with Crippen LogP contribution in [0.5, 0.6) is 0 Å². The molecule has 10 nitrogen and oxygen atoms in total. The summed E-state index contributed by atoms with van der Waals surface area (Å²) in [6, 6.07) is 7.41. The Morgan fingerprint density at radius 1 is 1.02 bits per heavy atom. The second kappa shape index (κ2) is 9.51. The number of imide groups is 1. The number of aromatic nitrogens is 3. The summed E-state index contributed by atoms with van der Waals surface area (Å²) in [6.45, 7) is 0.712. The van der Waals surface area contributed by atoms with Gasteiger partial charge in [-0.2, -0.15) is 5.10 Å². The number of fused-ring (bicyclic) bond motifs is 1. The van der Waals surface area contributed by atoms with Gasteiger partial charge in [-0.15, -0.1) is 0 Å². The zero-order chi connectivity index (χ0) is 27.5. The molecule has 0 bridgehead atoms. The van der Waals surface area contributed by atoms with Crippen molar-refractivity contribution < 1.29 is 23.9 Å². The van der Waals surface area contributed by atoms with Crippen LogP contribution in [0.1, 0.15) is 76.9 Å². The van der Waals surface area contributed by atoms with Gasteiger partial charge in [0.1, 0.15) is 12.0 Å². The Hall–Kier alpha value is -4.12. The molecule has 3 aromatic rings. The van der Waals surface area contributed by atoms with Crippen LogP contribution in [-0.2, 0) is 4.79 Å². The van der Waals surface area contributed by atoms with Gasteiger partial charge in [0.15, 0.2) is 0 Å². The summed E-state index contributed by atoms with van der Waals surface area (Å²) in [7, 11) is 0. The second-order valence-electron chi connectivity index (χ2n) is 11.3. The number of rotatable bonds is 7. The van der Waals surface area contributed by atoms with Crippen LogP contribution >= 0.6 is 0 Å². The van der Waals surface area contributed by atoms with Crippen LogP contribution < -0.4 is 10.6 Å². The molecule has 0 spiro atoms. The molecule has 2 aliphatic heterocycles. The summed E-state index contributed by atoms with van der Waals surface area (Å²) in [4.78, 5) is 43.0. The fourth-order valence-corrected chi connectivity index (χ4v) is 6.06. The lowest BCUT2D eigenvalue weighted by Gasteiger charge is -2.35. The number of carbonyl (C=O) groups excluding carboxylic acids is 3. The molecule has 2 aromatic heterocycles. The minimum atomic E-state index is -1.27. The zero-order valence-corrected chi connectivity index (χ0v) is 21.7. The average molecular weight is 545 g/mol. The summed E-state index contributed by atoms with van der Waals surface area (Å²) >= 11 is 0. The van der Waals surface area contributed by atoms with Crippen molar-refractivity contribution in [2.45, 2.75) is 62.8 Å². The number of hydrogen-bond donors (Lipinski definition) is 3. The quantitative estimate of drug-likeness (QED) is 0.390. The second-order valence-corrected chi connectivity index (χ2v) is 11.3. The smallest absolute Gasteiger partial charge is 0.262 e. The number of benzene rings is 1. The predicted octanol–water partition coefficient (Wildman–Crippen LogP) is 3.22. The standard InChI is InChI=1S/C29H29FN6O4/c30-17-7-8-31-23(11-17)22-14-35(34-26(22)16-1-2-16)19-9-15(10-19)13-32-18-3-4-20-21(12-18)29(40)36(28(20)39)24-5-6-25(37)33-27(24)38/h3-4,7-8,11-12,14-16,19,24,27,32,38H,1-2,5-6,9-10,13H2,(H,33,37). The first-order chi connectivity index (χ1) is 19.4. The van der Waals surface area contributed by atoms with Crippen LogP contribution in [0.3, 0.4) is 0 Å². The molecule has 7 rings (SSSR count). The van der Waals surface area contributed by atoms with E-state index in [2.05, 4.69) is 15.6 Å². The van der Waals surface area contributed by atoms with Crippen LogP contribution in [0.2, 0.25) is 0 Å². The number of pyridine rings is 1. The van der Waals surface area contributed by atoms with Gasteiger partial charge >= 0.3 is 0 Å². The van der Waals surface area contributed by atoms with Gasteiger partial charge in [0, 0.05) is 48.6 Å². The first-order valence-corrected chi connectivity index (χ1v) is 13.8. The molecule has 1 saturated heterocycles. The topological polar surface area (TPSA) is 129 Å². The minimum Gasteiger partial charge on any atom is -0.385 e. The highest BCUT2D eigenvalue weighted by atomic mass is 19.1. The number of halogens is 1. The maximum atomic E-state index is 13.8. The summed E-state index contributed by atoms with van der Waals surface area (Å²) < 4.78 is 15.8. The van der Waals surface area contributed by atoms with E-state index in [-0.39, 0.29) is 30.6 Å². The minimum absolute atomic E-state index is 0.147. The third-order valence-corrected chi connectivity index (χ3v) is 8.49. The number of nitrogens with one attached hydrogen (secondary N) is 2. The molecule has 4 heterocycles. The van der Waals surface area contributed by atoms with Crippen LogP contribution in [0.25, 0.3) is 11.3 Å². The fraction of sp³-hybridized carbons (Fsp3) is 0.414. The van der Waals surface area contributed by atoms with Gasteiger partial charge in [-0.3, -0.25) is 28.9 Å². The lowest BCUT2D eigenvalue weighted by molar-refractivity contribution is -0.129. The van der Waals surface area contributed by atoms with E-state index in [1.165, 1.54) is 18.3 Å². The van der Waals surface area contributed by atoms with Crippen molar-refractivity contribution in [2.24, 2.45) is 5.92 Å². The third-order valence-electron chi connectivity index (χ3n) is 8.49. The summed E-state index contributed by atoms with van der Waals surface area (Å²) in [5.74, 6) is -0.682. The number of carbonyl (C=O) groups is 3. The van der Waals surface area contributed by atoms with Crippen molar-refractivity contribution in [3.8, 4) is 11.3 Å². The molecule has 40 heavy (non-hydrogen) atoms. The first-order valence-electron chi connectivity index (χ1n) is 13.8. The molecule has 2 aliphatic carbocycles. The number of nitrogens with zero attached hydrogens (tertiary/aromatic N) is 4. The van der Waals surface area contributed by atoms with Crippen molar-refractivity contribution in [3.05, 3.63) is 65.4 Å². The molecule has 3 fully saturated rings. The Labute approximate surface area is 229 Å². The number of aliphatic hydroxyl groups is 1. The largest absolute Gasteiger partial charge is 0.385 e. The van der Waals surface area contributed by atoms with E-state index in [0.717, 1.165) is 47.5 Å². The predicted molar refractivity (Wildman–Crippen MR) is 142 cm³/mol. The fourth-order valence-electron chi connectivity index (χ4n) is 6.06. The Morgan fingerprint density at radius 2 is 1.82 bits per heavy atom. The van der Waals surface area contributed by atoms with E-state index in [1.807, 2.05) is 10.9 Å². The zero-order valence-electron chi connectivity index (χ0n) is 21.7. The molecule has 4 aliphatic rings. The van der Waals surface area contributed by atoms with E-state index in [9.17, 15) is 23.9 Å². The van der Waals surface area contributed by atoms with Crippen LogP contribution in [-0.4, -0.2) is 61.3 Å². The maximum absolute atomic E-state index is 13.8. The highest BCUT2D eigenvalue weighted by molar-refractivity contribution is 6.22. The average Bonchev–Trinajstić information content (AvgIpc) is 3.62.